The molecule has 9 aromatic rings. The number of fused-ring (bicyclic) bond motifs is 4. The van der Waals surface area contributed by atoms with Crippen LogP contribution in [-0.2, 0) is 20.1 Å². The summed E-state index contributed by atoms with van der Waals surface area (Å²) in [7, 11) is 2.56. The molecule has 0 N–H and O–H groups in total. The summed E-state index contributed by atoms with van der Waals surface area (Å²) in [6, 6.07) is 49.8. The van der Waals surface area contributed by atoms with Gasteiger partial charge >= 0.3 is 20.1 Å². The zero-order chi connectivity index (χ0) is 40.7. The molecule has 4 nitrogen and oxygen atoms in total. The fourth-order valence-corrected chi connectivity index (χ4v) is 9.00. The number of para-hydroxylation sites is 2. The molecular weight excluding hydrogens is 917 g/mol. The molecule has 296 valence electrons. The van der Waals surface area contributed by atoms with Crippen molar-refractivity contribution in [1.82, 2.24) is 4.98 Å². The number of oxazole rings is 1. The second kappa shape index (κ2) is 16.9. The van der Waals surface area contributed by atoms with E-state index in [-0.39, 0.29) is 20.1 Å². The summed E-state index contributed by atoms with van der Waals surface area (Å²) < 4.78 is 14.8. The van der Waals surface area contributed by atoms with Gasteiger partial charge in [-0.15, -0.1) is 35.9 Å². The number of hydrogen-bond donors (Lipinski definition) is 0. The van der Waals surface area contributed by atoms with E-state index < -0.39 is 8.07 Å². The van der Waals surface area contributed by atoms with Crippen molar-refractivity contribution >= 4 is 46.3 Å². The molecule has 6 heteroatoms. The van der Waals surface area contributed by atoms with Crippen LogP contribution < -0.4 is 9.75 Å². The van der Waals surface area contributed by atoms with Gasteiger partial charge in [0.15, 0.2) is 0 Å². The predicted octanol–water partition coefficient (Wildman–Crippen LogP) is 13.8. The van der Waals surface area contributed by atoms with Gasteiger partial charge in [0.25, 0.3) is 0 Å². The summed E-state index contributed by atoms with van der Waals surface area (Å²) in [5.41, 5.74) is 14.7. The van der Waals surface area contributed by atoms with Gasteiger partial charge in [0.2, 0.25) is 0 Å². The maximum atomic E-state index is 6.67. The molecule has 3 aromatic heterocycles. The van der Waals surface area contributed by atoms with Crippen molar-refractivity contribution in [3.05, 3.63) is 176 Å². The van der Waals surface area contributed by atoms with Gasteiger partial charge in [0, 0.05) is 18.0 Å². The van der Waals surface area contributed by atoms with Crippen molar-refractivity contribution in [2.75, 3.05) is 0 Å². The third kappa shape index (κ3) is 8.18. The summed E-state index contributed by atoms with van der Waals surface area (Å²) in [6.45, 7) is 20.3. The van der Waals surface area contributed by atoms with E-state index in [4.69, 9.17) is 13.8 Å². The van der Waals surface area contributed by atoms with Crippen molar-refractivity contribution < 1.29 is 33.5 Å². The molecule has 0 atom stereocenters. The standard InChI is InChI=1S/C40H38NO2Si.C13H12N.Ir/c1-24(2)33-22-27(26-18-20-28(21-19-26)44(5,6)7)23-34(25(3)4)37(33)31-14-11-16-35-39(31)43-40(41-35)32-15-10-13-30-29-12-8-9-17-36(29)42-38(30)32;1-11-7-3-4-8-12(11)13-9-5-6-10-14(13)2;/h8-14,16-25H,1-7H3;3-10H,1-2H2;/q2*-1;+3. The van der Waals surface area contributed by atoms with E-state index in [9.17, 15) is 0 Å². The number of aromatic nitrogens is 2. The quantitative estimate of drug-likeness (QED) is 0.0908. The first kappa shape index (κ1) is 41.5. The number of pyridine rings is 1. The smallest absolute Gasteiger partial charge is 0.500 e. The molecule has 6 aromatic carbocycles. The van der Waals surface area contributed by atoms with Crippen molar-refractivity contribution in [2.45, 2.75) is 59.2 Å². The van der Waals surface area contributed by atoms with Crippen molar-refractivity contribution in [3.8, 4) is 45.0 Å². The van der Waals surface area contributed by atoms with Crippen molar-refractivity contribution in [2.24, 2.45) is 0 Å². The molecule has 0 fully saturated rings. The monoisotopic (exact) mass is 967 g/mol. The van der Waals surface area contributed by atoms with Crippen LogP contribution in [0.25, 0.3) is 78.0 Å². The normalized spacial score (nSPS) is 11.6. The minimum atomic E-state index is -1.37. The number of hydrogen-bond acceptors (Lipinski definition) is 3. The van der Waals surface area contributed by atoms with Crippen molar-refractivity contribution in [1.29, 1.82) is 0 Å². The van der Waals surface area contributed by atoms with Crippen LogP contribution in [-0.4, -0.2) is 13.1 Å². The van der Waals surface area contributed by atoms with Gasteiger partial charge in [-0.2, -0.15) is 18.6 Å². The third-order valence-electron chi connectivity index (χ3n) is 11.0. The van der Waals surface area contributed by atoms with E-state index in [0.717, 1.165) is 61.0 Å². The zero-order valence-corrected chi connectivity index (χ0v) is 38.3. The second-order valence-corrected chi connectivity index (χ2v) is 21.8. The minimum absolute atomic E-state index is 0. The van der Waals surface area contributed by atoms with E-state index >= 15 is 0 Å². The Morgan fingerprint density at radius 2 is 1.32 bits per heavy atom. The summed E-state index contributed by atoms with van der Waals surface area (Å²) in [4.78, 5) is 4.98. The van der Waals surface area contributed by atoms with Gasteiger partial charge in [0.1, 0.15) is 17.1 Å². The van der Waals surface area contributed by atoms with E-state index in [0.29, 0.717) is 17.7 Å². The molecule has 9 rings (SSSR count). The average molecular weight is 967 g/mol. The molecule has 0 unspecified atom stereocenters. The van der Waals surface area contributed by atoms with Crippen LogP contribution in [0.1, 0.15) is 56.2 Å². The summed E-state index contributed by atoms with van der Waals surface area (Å²) >= 11 is 0. The topological polar surface area (TPSA) is 43.1 Å². The maximum absolute atomic E-state index is 6.67. The number of benzene rings is 6. The first-order valence-corrected chi connectivity index (χ1v) is 23.6. The van der Waals surface area contributed by atoms with Crippen LogP contribution in [0.15, 0.2) is 148 Å². The Morgan fingerprint density at radius 1 is 0.661 bits per heavy atom. The van der Waals surface area contributed by atoms with Gasteiger partial charge in [-0.3, -0.25) is 4.98 Å². The van der Waals surface area contributed by atoms with Gasteiger partial charge in [0.05, 0.1) is 31.1 Å². The summed E-state index contributed by atoms with van der Waals surface area (Å²) in [5.74, 6) is 1.16. The number of furan rings is 1. The van der Waals surface area contributed by atoms with Gasteiger partial charge in [-0.25, -0.2) is 0 Å². The van der Waals surface area contributed by atoms with E-state index in [1.807, 2.05) is 83.6 Å². The molecule has 0 spiro atoms. The van der Waals surface area contributed by atoms with E-state index in [1.165, 1.54) is 33.0 Å². The molecule has 0 radical (unpaired) electrons. The fourth-order valence-electron chi connectivity index (χ4n) is 7.83. The Labute approximate surface area is 363 Å². The third-order valence-corrected chi connectivity index (χ3v) is 13.1. The van der Waals surface area contributed by atoms with Gasteiger partial charge in [-0.05, 0) is 57.3 Å². The van der Waals surface area contributed by atoms with Crippen LogP contribution in [0.2, 0.25) is 19.6 Å². The maximum Gasteiger partial charge on any atom is 3.00 e. The van der Waals surface area contributed by atoms with Crippen LogP contribution in [0.5, 0.6) is 0 Å². The zero-order valence-electron chi connectivity index (χ0n) is 34.9. The van der Waals surface area contributed by atoms with Crippen LogP contribution in [0.4, 0.5) is 0 Å². The molecule has 0 bridgehead atoms. The Balaban J connectivity index is 0.000000298. The molecule has 3 heterocycles. The van der Waals surface area contributed by atoms with Crippen molar-refractivity contribution in [3.63, 3.8) is 0 Å². The molecule has 0 saturated heterocycles. The SMILES string of the molecule is CC(C)c1cc(-c2ccc([Si](C)(C)C)cc2)cc(C(C)C)c1-c1cccc2nc(-c3[c-]ccc4c3oc3ccccc34)oc12.[CH2-]c1ccccc1-c1cccc[n+]1[CH2-].[Ir+3]. The Bertz CT molecular complexity index is 2840. The van der Waals surface area contributed by atoms with E-state index in [1.54, 1.807) is 0 Å². The van der Waals surface area contributed by atoms with Crippen LogP contribution >= 0.6 is 0 Å². The molecule has 0 saturated carbocycles. The van der Waals surface area contributed by atoms with Gasteiger partial charge in [-0.1, -0.05) is 149 Å². The molecule has 0 amide bonds. The van der Waals surface area contributed by atoms with Crippen LogP contribution in [0.3, 0.4) is 0 Å². The van der Waals surface area contributed by atoms with Crippen LogP contribution in [0, 0.1) is 20.0 Å². The molecule has 0 aliphatic carbocycles. The van der Waals surface area contributed by atoms with Gasteiger partial charge < -0.3 is 13.4 Å². The Morgan fingerprint density at radius 3 is 2.00 bits per heavy atom. The molecule has 0 aliphatic rings. The number of rotatable bonds is 7. The second-order valence-electron chi connectivity index (χ2n) is 16.7. The average Bonchev–Trinajstić information content (AvgIpc) is 3.83. The summed E-state index contributed by atoms with van der Waals surface area (Å²) in [6.07, 6.45) is 1.93. The molecule has 0 aliphatic heterocycles. The largest absolute Gasteiger partial charge is 3.00 e. The Hall–Kier alpha value is -5.65. The first-order chi connectivity index (χ1) is 27.9. The predicted molar refractivity (Wildman–Crippen MR) is 245 cm³/mol. The number of nitrogens with zero attached hydrogens (tertiary/aromatic N) is 2. The van der Waals surface area contributed by atoms with E-state index in [2.05, 4.69) is 128 Å². The fraction of sp³-hybridized carbons (Fsp3) is 0.170. The first-order valence-electron chi connectivity index (χ1n) is 20.1. The Kier molecular flexibility index (Phi) is 11.9. The molecule has 59 heavy (non-hydrogen) atoms. The summed E-state index contributed by atoms with van der Waals surface area (Å²) in [5, 5.41) is 3.59. The minimum Gasteiger partial charge on any atom is -0.500 e. The molecular formula is C53H50IrN2O2Si+.